The number of nitrogens with one attached hydrogen (secondary N) is 1. The van der Waals surface area contributed by atoms with Crippen molar-refractivity contribution in [3.63, 3.8) is 0 Å². The maximum atomic E-state index is 12.8. The van der Waals surface area contributed by atoms with Gasteiger partial charge in [0.2, 0.25) is 0 Å². The summed E-state index contributed by atoms with van der Waals surface area (Å²) < 4.78 is 17.3. The molecule has 6 heteroatoms. The van der Waals surface area contributed by atoms with Crippen molar-refractivity contribution in [2.24, 2.45) is 0 Å². The fourth-order valence-electron chi connectivity index (χ4n) is 3.57. The van der Waals surface area contributed by atoms with Gasteiger partial charge in [-0.1, -0.05) is 0 Å². The normalized spacial score (nSPS) is 12.0. The topological polar surface area (TPSA) is 69.7 Å². The number of rotatable bonds is 10. The molecule has 1 N–H and O–H groups in total. The Morgan fingerprint density at radius 3 is 1.97 bits per heavy atom. The lowest BCUT2D eigenvalue weighted by atomic mass is 10.1. The van der Waals surface area contributed by atoms with Gasteiger partial charge in [0.25, 0.3) is 5.91 Å². The van der Waals surface area contributed by atoms with Crippen LogP contribution in [-0.4, -0.2) is 29.2 Å². The van der Waals surface area contributed by atoms with Crippen molar-refractivity contribution in [1.82, 2.24) is 4.98 Å². The maximum absolute atomic E-state index is 12.8. The van der Waals surface area contributed by atoms with Crippen molar-refractivity contribution in [2.75, 3.05) is 5.32 Å². The lowest BCUT2D eigenvalue weighted by molar-refractivity contribution is 0.0190. The summed E-state index contributed by atoms with van der Waals surface area (Å²) in [5, 5.41) is 2.93. The van der Waals surface area contributed by atoms with E-state index in [1.807, 2.05) is 102 Å². The van der Waals surface area contributed by atoms with Gasteiger partial charge in [-0.05, 0) is 102 Å². The molecule has 0 fully saturated rings. The van der Waals surface area contributed by atoms with Crippen molar-refractivity contribution in [3.05, 3.63) is 77.6 Å². The summed E-state index contributed by atoms with van der Waals surface area (Å²) in [6, 6.07) is 18.4. The minimum atomic E-state index is -0.197. The standard InChI is InChI=1S/C28H34N2O4/c1-18(2)32-20(5)17-23-9-16-27(21(6)29-23)28(31)30-22-7-10-25(11-8-22)34-26-14-12-24(13-15-26)33-19(3)4/h7-16,18-20H,17H2,1-6H3,(H,30,31). The van der Waals surface area contributed by atoms with E-state index < -0.39 is 0 Å². The van der Waals surface area contributed by atoms with E-state index in [0.717, 1.165) is 11.4 Å². The molecular weight excluding hydrogens is 428 g/mol. The van der Waals surface area contributed by atoms with Crippen LogP contribution in [0.5, 0.6) is 17.2 Å². The third-order valence-electron chi connectivity index (χ3n) is 4.93. The summed E-state index contributed by atoms with van der Waals surface area (Å²) in [5.74, 6) is 1.99. The molecule has 0 bridgehead atoms. The second-order valence-electron chi connectivity index (χ2n) is 8.85. The Hall–Kier alpha value is -3.38. The summed E-state index contributed by atoms with van der Waals surface area (Å²) in [4.78, 5) is 17.4. The summed E-state index contributed by atoms with van der Waals surface area (Å²) in [6.45, 7) is 11.9. The number of nitrogens with zero attached hydrogens (tertiary/aromatic N) is 1. The molecule has 6 nitrogen and oxygen atoms in total. The molecule has 0 aliphatic rings. The third-order valence-corrected chi connectivity index (χ3v) is 4.93. The van der Waals surface area contributed by atoms with Crippen LogP contribution in [0.1, 0.15) is 56.4 Å². The molecule has 0 radical (unpaired) electrons. The van der Waals surface area contributed by atoms with Gasteiger partial charge in [-0.15, -0.1) is 0 Å². The zero-order chi connectivity index (χ0) is 24.7. The van der Waals surface area contributed by atoms with Crippen molar-refractivity contribution >= 4 is 11.6 Å². The highest BCUT2D eigenvalue weighted by molar-refractivity contribution is 6.05. The average Bonchev–Trinajstić information content (AvgIpc) is 2.75. The molecule has 34 heavy (non-hydrogen) atoms. The van der Waals surface area contributed by atoms with Gasteiger partial charge in [0.05, 0.1) is 29.6 Å². The van der Waals surface area contributed by atoms with Gasteiger partial charge in [-0.2, -0.15) is 0 Å². The van der Waals surface area contributed by atoms with Crippen LogP contribution in [0.2, 0.25) is 0 Å². The van der Waals surface area contributed by atoms with E-state index >= 15 is 0 Å². The van der Waals surface area contributed by atoms with Gasteiger partial charge < -0.3 is 19.5 Å². The van der Waals surface area contributed by atoms with Crippen LogP contribution >= 0.6 is 0 Å². The first kappa shape index (κ1) is 25.2. The summed E-state index contributed by atoms with van der Waals surface area (Å²) >= 11 is 0. The van der Waals surface area contributed by atoms with Gasteiger partial charge in [0, 0.05) is 17.8 Å². The molecule has 0 saturated carbocycles. The number of hydrogen-bond donors (Lipinski definition) is 1. The number of carbonyl (C=O) groups excluding carboxylic acids is 1. The minimum Gasteiger partial charge on any atom is -0.491 e. The molecule has 1 amide bonds. The molecule has 0 aliphatic carbocycles. The predicted octanol–water partition coefficient (Wildman–Crippen LogP) is 6.58. The molecule has 3 rings (SSSR count). The molecule has 1 heterocycles. The van der Waals surface area contributed by atoms with E-state index in [4.69, 9.17) is 14.2 Å². The first-order chi connectivity index (χ1) is 16.2. The van der Waals surface area contributed by atoms with E-state index in [9.17, 15) is 4.79 Å². The lowest BCUT2D eigenvalue weighted by Crippen LogP contribution is -2.18. The van der Waals surface area contributed by atoms with E-state index in [-0.39, 0.29) is 24.2 Å². The quantitative estimate of drug-likeness (QED) is 0.369. The summed E-state index contributed by atoms with van der Waals surface area (Å²) in [7, 11) is 0. The Kier molecular flexibility index (Phi) is 8.66. The second kappa shape index (κ2) is 11.7. The molecule has 0 spiro atoms. The summed E-state index contributed by atoms with van der Waals surface area (Å²) in [5.41, 5.74) is 2.83. The van der Waals surface area contributed by atoms with Crippen molar-refractivity contribution in [1.29, 1.82) is 0 Å². The Morgan fingerprint density at radius 2 is 1.41 bits per heavy atom. The Morgan fingerprint density at radius 1 is 0.824 bits per heavy atom. The first-order valence-electron chi connectivity index (χ1n) is 11.7. The second-order valence-corrected chi connectivity index (χ2v) is 8.85. The predicted molar refractivity (Wildman–Crippen MR) is 135 cm³/mol. The van der Waals surface area contributed by atoms with Gasteiger partial charge in [0.15, 0.2) is 0 Å². The monoisotopic (exact) mass is 462 g/mol. The Labute approximate surface area is 202 Å². The van der Waals surface area contributed by atoms with Crippen LogP contribution in [0.4, 0.5) is 5.69 Å². The number of carbonyl (C=O) groups is 1. The first-order valence-corrected chi connectivity index (χ1v) is 11.7. The van der Waals surface area contributed by atoms with Crippen LogP contribution in [0, 0.1) is 6.92 Å². The van der Waals surface area contributed by atoms with E-state index in [1.54, 1.807) is 0 Å². The molecule has 1 unspecified atom stereocenters. The van der Waals surface area contributed by atoms with Crippen molar-refractivity contribution in [3.8, 4) is 17.2 Å². The average molecular weight is 463 g/mol. The number of ether oxygens (including phenoxy) is 3. The highest BCUT2D eigenvalue weighted by atomic mass is 16.5. The molecule has 180 valence electrons. The van der Waals surface area contributed by atoms with E-state index in [0.29, 0.717) is 34.9 Å². The lowest BCUT2D eigenvalue weighted by Gasteiger charge is -2.16. The SMILES string of the molecule is Cc1nc(CC(C)OC(C)C)ccc1C(=O)Nc1ccc(Oc2ccc(OC(C)C)cc2)cc1. The Bertz CT molecular complexity index is 1080. The number of pyridine rings is 1. The molecule has 2 aromatic carbocycles. The largest absolute Gasteiger partial charge is 0.491 e. The van der Waals surface area contributed by atoms with E-state index in [1.165, 1.54) is 0 Å². The van der Waals surface area contributed by atoms with Gasteiger partial charge >= 0.3 is 0 Å². The van der Waals surface area contributed by atoms with Crippen LogP contribution in [0.3, 0.4) is 0 Å². The van der Waals surface area contributed by atoms with Crippen LogP contribution in [-0.2, 0) is 11.2 Å². The fourth-order valence-corrected chi connectivity index (χ4v) is 3.57. The zero-order valence-corrected chi connectivity index (χ0v) is 20.8. The highest BCUT2D eigenvalue weighted by Crippen LogP contribution is 2.25. The van der Waals surface area contributed by atoms with Gasteiger partial charge in [-0.25, -0.2) is 0 Å². The minimum absolute atomic E-state index is 0.0682. The molecule has 1 aromatic heterocycles. The van der Waals surface area contributed by atoms with Gasteiger partial charge in [0.1, 0.15) is 17.2 Å². The molecular formula is C28H34N2O4. The maximum Gasteiger partial charge on any atom is 0.257 e. The van der Waals surface area contributed by atoms with Crippen molar-refractivity contribution in [2.45, 2.75) is 66.3 Å². The molecule has 1 atom stereocenters. The molecule has 0 aliphatic heterocycles. The number of aromatic nitrogens is 1. The number of aryl methyl sites for hydroxylation is 1. The number of hydrogen-bond acceptors (Lipinski definition) is 5. The molecule has 0 saturated heterocycles. The number of benzene rings is 2. The van der Waals surface area contributed by atoms with Gasteiger partial charge in [-0.3, -0.25) is 9.78 Å². The summed E-state index contributed by atoms with van der Waals surface area (Å²) in [6.07, 6.45) is 1.07. The fraction of sp³-hybridized carbons (Fsp3) is 0.357. The van der Waals surface area contributed by atoms with Crippen molar-refractivity contribution < 1.29 is 19.0 Å². The van der Waals surface area contributed by atoms with E-state index in [2.05, 4.69) is 10.3 Å². The third kappa shape index (κ3) is 7.59. The highest BCUT2D eigenvalue weighted by Gasteiger charge is 2.13. The Balaban J connectivity index is 1.58. The molecule has 3 aromatic rings. The smallest absolute Gasteiger partial charge is 0.257 e. The number of anilines is 1. The van der Waals surface area contributed by atoms with Crippen LogP contribution < -0.4 is 14.8 Å². The number of amides is 1. The van der Waals surface area contributed by atoms with Crippen LogP contribution in [0.15, 0.2) is 60.7 Å². The zero-order valence-electron chi connectivity index (χ0n) is 20.8. The van der Waals surface area contributed by atoms with Crippen LogP contribution in [0.25, 0.3) is 0 Å².